The molecule has 3 aromatic heterocycles. The van der Waals surface area contributed by atoms with E-state index < -0.39 is 11.8 Å². The lowest BCUT2D eigenvalue weighted by Crippen LogP contribution is -2.45. The van der Waals surface area contributed by atoms with Crippen LogP contribution in [0.5, 0.6) is 0 Å². The predicted molar refractivity (Wildman–Crippen MR) is 119 cm³/mol. The lowest BCUT2D eigenvalue weighted by molar-refractivity contribution is 0.0698. The number of aryl methyl sites for hydroxylation is 1. The predicted octanol–water partition coefficient (Wildman–Crippen LogP) is 2.82. The Morgan fingerprint density at radius 2 is 2.16 bits per heavy atom. The Bertz CT molecular complexity index is 1140. The molecule has 3 aromatic rings. The van der Waals surface area contributed by atoms with Gasteiger partial charge in [0.1, 0.15) is 11.4 Å². The fraction of sp³-hybridized carbons (Fsp3) is 0.364. The minimum absolute atomic E-state index is 0.00134. The Kier molecular flexibility index (Phi) is 6.31. The number of nitrogens with zero attached hydrogens (tertiary/aromatic N) is 6. The van der Waals surface area contributed by atoms with Crippen LogP contribution in [0.25, 0.3) is 5.65 Å². The second kappa shape index (κ2) is 9.31. The maximum Gasteiger partial charge on any atom is 0.341 e. The number of hydrogen-bond donors (Lipinski definition) is 2. The monoisotopic (exact) mass is 439 g/mol. The number of allylic oxidation sites excluding steroid dienone is 1. The number of pyridine rings is 1. The van der Waals surface area contributed by atoms with Gasteiger partial charge in [0.2, 0.25) is 0 Å². The summed E-state index contributed by atoms with van der Waals surface area (Å²) in [5, 5.41) is 17.4. The van der Waals surface area contributed by atoms with E-state index in [-0.39, 0.29) is 17.3 Å². The average Bonchev–Trinajstić information content (AvgIpc) is 3.16. The molecule has 4 heterocycles. The van der Waals surface area contributed by atoms with Gasteiger partial charge in [0.25, 0.3) is 0 Å². The Hall–Kier alpha value is -3.53. The van der Waals surface area contributed by atoms with E-state index in [1.807, 2.05) is 23.0 Å². The molecule has 0 saturated heterocycles. The largest absolute Gasteiger partial charge is 0.477 e. The molecule has 0 saturated carbocycles. The van der Waals surface area contributed by atoms with Crippen LogP contribution in [0.2, 0.25) is 0 Å². The second-order valence-corrected chi connectivity index (χ2v) is 7.87. The molecule has 0 amide bonds. The van der Waals surface area contributed by atoms with Gasteiger partial charge in [0, 0.05) is 30.9 Å². The van der Waals surface area contributed by atoms with Crippen molar-refractivity contribution >= 4 is 23.1 Å². The molecule has 0 radical (unpaired) electrons. The van der Waals surface area contributed by atoms with Gasteiger partial charge in [0.15, 0.2) is 11.5 Å². The van der Waals surface area contributed by atoms with E-state index in [2.05, 4.69) is 21.1 Å². The van der Waals surface area contributed by atoms with Crippen LogP contribution in [0.1, 0.15) is 42.2 Å². The fourth-order valence-electron chi connectivity index (χ4n) is 3.73. The zero-order chi connectivity index (χ0) is 22.7. The topological polar surface area (TPSA) is 113 Å². The number of aromatic nitrogens is 4. The van der Waals surface area contributed by atoms with E-state index in [1.54, 1.807) is 12.3 Å². The first-order valence-corrected chi connectivity index (χ1v) is 10.6. The first kappa shape index (κ1) is 21.7. The molecule has 3 N–H and O–H groups in total. The summed E-state index contributed by atoms with van der Waals surface area (Å²) < 4.78 is 15.7. The minimum Gasteiger partial charge on any atom is -0.477 e. The first-order chi connectivity index (χ1) is 15.4. The highest BCUT2D eigenvalue weighted by molar-refractivity contribution is 5.94. The average molecular weight is 439 g/mol. The molecule has 0 aromatic carbocycles. The number of halogens is 1. The van der Waals surface area contributed by atoms with Crippen molar-refractivity contribution in [1.29, 1.82) is 0 Å². The zero-order valence-corrected chi connectivity index (χ0v) is 17.9. The van der Waals surface area contributed by atoms with Crippen LogP contribution in [0.3, 0.4) is 0 Å². The number of anilines is 2. The summed E-state index contributed by atoms with van der Waals surface area (Å²) in [6, 6.07) is 3.26. The molecular weight excluding hydrogens is 413 g/mol. The van der Waals surface area contributed by atoms with Gasteiger partial charge in [-0.2, -0.15) is 5.10 Å². The smallest absolute Gasteiger partial charge is 0.341 e. The molecule has 1 atom stereocenters. The van der Waals surface area contributed by atoms with Gasteiger partial charge in [-0.1, -0.05) is 12.2 Å². The standard InChI is InChI=1S/C22H26FN7O2/c1-15(24)6-7-18-19(12-16(23)13-25-18)29-9-4-2-3-5-10-30(29)20-8-11-28-21(27-20)17(14-26-28)22(31)32/h3,5,8,11-15H,2,4,6-7,9-10,24H2,1H3,(H,31,32)/b5-3+/t15-/m1/s1. The van der Waals surface area contributed by atoms with Crippen molar-refractivity contribution in [1.82, 2.24) is 19.6 Å². The van der Waals surface area contributed by atoms with E-state index in [0.717, 1.165) is 25.0 Å². The molecule has 0 unspecified atom stereocenters. The van der Waals surface area contributed by atoms with Gasteiger partial charge in [-0.15, -0.1) is 0 Å². The molecule has 0 aliphatic carbocycles. The van der Waals surface area contributed by atoms with E-state index in [0.29, 0.717) is 31.0 Å². The fourth-order valence-corrected chi connectivity index (χ4v) is 3.73. The van der Waals surface area contributed by atoms with Crippen LogP contribution in [0.4, 0.5) is 15.9 Å². The second-order valence-electron chi connectivity index (χ2n) is 7.87. The van der Waals surface area contributed by atoms with Crippen molar-refractivity contribution in [2.45, 2.75) is 38.6 Å². The van der Waals surface area contributed by atoms with E-state index in [4.69, 9.17) is 5.73 Å². The third kappa shape index (κ3) is 4.54. The van der Waals surface area contributed by atoms with Crippen molar-refractivity contribution < 1.29 is 14.3 Å². The molecular formula is C22H26FN7O2. The number of carbonyl (C=O) groups is 1. The highest BCUT2D eigenvalue weighted by atomic mass is 19.1. The molecule has 168 valence electrons. The summed E-state index contributed by atoms with van der Waals surface area (Å²) in [7, 11) is 0. The maximum absolute atomic E-state index is 14.3. The van der Waals surface area contributed by atoms with Crippen molar-refractivity contribution in [3.05, 3.63) is 59.9 Å². The van der Waals surface area contributed by atoms with Gasteiger partial charge in [0.05, 0.1) is 30.3 Å². The summed E-state index contributed by atoms with van der Waals surface area (Å²) in [6.45, 7) is 3.04. The molecule has 9 nitrogen and oxygen atoms in total. The Balaban J connectivity index is 1.79. The molecule has 0 bridgehead atoms. The lowest BCUT2D eigenvalue weighted by Gasteiger charge is -2.38. The van der Waals surface area contributed by atoms with Crippen LogP contribution >= 0.6 is 0 Å². The van der Waals surface area contributed by atoms with Crippen LogP contribution in [-0.4, -0.2) is 49.8 Å². The summed E-state index contributed by atoms with van der Waals surface area (Å²) in [6.07, 6.45) is 11.4. The summed E-state index contributed by atoms with van der Waals surface area (Å²) in [5.41, 5.74) is 7.63. The normalized spacial score (nSPS) is 16.6. The highest BCUT2D eigenvalue weighted by Crippen LogP contribution is 2.28. The van der Waals surface area contributed by atoms with Gasteiger partial charge in [-0.3, -0.25) is 15.0 Å². The summed E-state index contributed by atoms with van der Waals surface area (Å²) in [4.78, 5) is 20.5. The van der Waals surface area contributed by atoms with Crippen molar-refractivity contribution in [2.75, 3.05) is 23.1 Å². The number of carboxylic acid groups (broad SMARTS) is 1. The number of fused-ring (bicyclic) bond motifs is 1. The third-order valence-corrected chi connectivity index (χ3v) is 5.35. The summed E-state index contributed by atoms with van der Waals surface area (Å²) >= 11 is 0. The first-order valence-electron chi connectivity index (χ1n) is 10.6. The zero-order valence-electron chi connectivity index (χ0n) is 17.9. The molecule has 1 aliphatic heterocycles. The number of hydrogen-bond acceptors (Lipinski definition) is 7. The van der Waals surface area contributed by atoms with Crippen molar-refractivity contribution in [3.8, 4) is 0 Å². The number of carboxylic acids is 1. The molecule has 10 heteroatoms. The van der Waals surface area contributed by atoms with Crippen molar-refractivity contribution in [3.63, 3.8) is 0 Å². The highest BCUT2D eigenvalue weighted by Gasteiger charge is 2.23. The lowest BCUT2D eigenvalue weighted by atomic mass is 10.1. The third-order valence-electron chi connectivity index (χ3n) is 5.35. The number of nitrogens with two attached hydrogens (primary N) is 1. The van der Waals surface area contributed by atoms with E-state index >= 15 is 0 Å². The van der Waals surface area contributed by atoms with Crippen LogP contribution in [-0.2, 0) is 6.42 Å². The molecule has 1 aliphatic rings. The SMILES string of the molecule is C[C@@H](N)CCc1ncc(F)cc1N1CCC/C=C/CN1c1ccn2ncc(C(=O)O)c2n1. The molecule has 0 fully saturated rings. The Morgan fingerprint density at radius 1 is 1.31 bits per heavy atom. The summed E-state index contributed by atoms with van der Waals surface area (Å²) in [5.74, 6) is -0.981. The van der Waals surface area contributed by atoms with Crippen LogP contribution in [0, 0.1) is 5.82 Å². The molecule has 32 heavy (non-hydrogen) atoms. The van der Waals surface area contributed by atoms with Crippen molar-refractivity contribution in [2.24, 2.45) is 5.73 Å². The van der Waals surface area contributed by atoms with E-state index in [9.17, 15) is 14.3 Å². The van der Waals surface area contributed by atoms with Crippen LogP contribution < -0.4 is 15.8 Å². The molecule has 0 spiro atoms. The molecule has 4 rings (SSSR count). The van der Waals surface area contributed by atoms with Gasteiger partial charge < -0.3 is 10.8 Å². The minimum atomic E-state index is -1.10. The number of hydrazine groups is 1. The number of aromatic carboxylic acids is 1. The van der Waals surface area contributed by atoms with Gasteiger partial charge in [-0.25, -0.2) is 18.7 Å². The van der Waals surface area contributed by atoms with Crippen LogP contribution in [0.15, 0.2) is 42.9 Å². The Morgan fingerprint density at radius 3 is 2.94 bits per heavy atom. The number of rotatable bonds is 6. The van der Waals surface area contributed by atoms with Gasteiger partial charge >= 0.3 is 5.97 Å². The van der Waals surface area contributed by atoms with Gasteiger partial charge in [-0.05, 0) is 32.6 Å². The van der Waals surface area contributed by atoms with E-state index in [1.165, 1.54) is 23.0 Å². The maximum atomic E-state index is 14.3. The Labute approximate surface area is 185 Å². The quantitative estimate of drug-likeness (QED) is 0.564.